The highest BCUT2D eigenvalue weighted by atomic mass is 32.2. The van der Waals surface area contributed by atoms with E-state index in [4.69, 9.17) is 0 Å². The summed E-state index contributed by atoms with van der Waals surface area (Å²) in [5.41, 5.74) is 1.44. The van der Waals surface area contributed by atoms with Crippen LogP contribution in [0.3, 0.4) is 0 Å². The molecule has 0 aliphatic rings. The number of nitrogens with one attached hydrogen (secondary N) is 1. The van der Waals surface area contributed by atoms with Crippen LogP contribution in [0, 0.1) is 6.92 Å². The number of benzene rings is 2. The van der Waals surface area contributed by atoms with Gasteiger partial charge in [-0.1, -0.05) is 60.7 Å². The van der Waals surface area contributed by atoms with E-state index >= 15 is 0 Å². The minimum absolute atomic E-state index is 0.120. The maximum Gasteiger partial charge on any atom is 0.253 e. The Hall–Kier alpha value is -3.26. The number of aromatic nitrogens is 2. The van der Waals surface area contributed by atoms with Crippen LogP contribution in [0.1, 0.15) is 33.5 Å². The lowest BCUT2D eigenvalue weighted by atomic mass is 10.2. The molecule has 2 aromatic carbocycles. The summed E-state index contributed by atoms with van der Waals surface area (Å²) in [6, 6.07) is 17.1. The fraction of sp³-hybridized carbons (Fsp3) is 0.150. The van der Waals surface area contributed by atoms with Crippen LogP contribution in [-0.4, -0.2) is 35.4 Å². The van der Waals surface area contributed by atoms with E-state index in [2.05, 4.69) is 9.82 Å². The van der Waals surface area contributed by atoms with Gasteiger partial charge >= 0.3 is 0 Å². The van der Waals surface area contributed by atoms with E-state index in [1.165, 1.54) is 6.92 Å². The monoisotopic (exact) mass is 397 g/mol. The van der Waals surface area contributed by atoms with Gasteiger partial charge in [0.05, 0.1) is 5.69 Å². The van der Waals surface area contributed by atoms with E-state index < -0.39 is 21.6 Å². The molecule has 0 aliphatic heterocycles. The molecule has 1 heterocycles. The Kier molecular flexibility index (Phi) is 5.41. The fourth-order valence-electron chi connectivity index (χ4n) is 2.86. The molecule has 1 aromatic heterocycles. The third-order valence-electron chi connectivity index (χ3n) is 4.06. The molecule has 7 nitrogen and oxygen atoms in total. The van der Waals surface area contributed by atoms with Crippen LogP contribution in [0.5, 0.6) is 0 Å². The Morgan fingerprint density at radius 2 is 1.57 bits per heavy atom. The van der Waals surface area contributed by atoms with Gasteiger partial charge in [-0.2, -0.15) is 0 Å². The average molecular weight is 397 g/mol. The van der Waals surface area contributed by atoms with Crippen LogP contribution in [0.4, 0.5) is 0 Å². The summed E-state index contributed by atoms with van der Waals surface area (Å²) in [7, 11) is -4.08. The van der Waals surface area contributed by atoms with Gasteiger partial charge in [-0.3, -0.25) is 9.59 Å². The minimum atomic E-state index is -4.08. The molecule has 0 atom stereocenters. The highest BCUT2D eigenvalue weighted by molar-refractivity contribution is 7.93. The Morgan fingerprint density at radius 3 is 2.14 bits per heavy atom. The molecule has 0 saturated carbocycles. The number of rotatable bonds is 7. The number of hydrogen-bond acceptors (Lipinski definition) is 5. The standard InChI is InChI=1S/C20H19N3O4S/c1-14-19(15(2)24)23(20(21-14)17-11-7-4-8-12-17)22-28(26,27)13-18(25)16-9-5-3-6-10-16/h3-12,22H,13H2,1-2H3. The number of carbonyl (C=O) groups excluding carboxylic acids is 2. The molecule has 0 saturated heterocycles. The number of hydrogen-bond donors (Lipinski definition) is 1. The third kappa shape index (κ3) is 4.17. The summed E-state index contributed by atoms with van der Waals surface area (Å²) in [5.74, 6) is -1.36. The van der Waals surface area contributed by atoms with E-state index in [1.54, 1.807) is 61.5 Å². The lowest BCUT2D eigenvalue weighted by molar-refractivity contribution is 0.100. The summed E-state index contributed by atoms with van der Waals surface area (Å²) in [4.78, 5) is 31.1. The van der Waals surface area contributed by atoms with Gasteiger partial charge in [-0.15, -0.1) is 0 Å². The Morgan fingerprint density at radius 1 is 1.00 bits per heavy atom. The summed E-state index contributed by atoms with van der Waals surface area (Å²) in [6.07, 6.45) is 0. The molecule has 0 aliphatic carbocycles. The fourth-order valence-corrected chi connectivity index (χ4v) is 3.90. The summed E-state index contributed by atoms with van der Waals surface area (Å²) < 4.78 is 26.5. The van der Waals surface area contributed by atoms with Crippen LogP contribution in [0.25, 0.3) is 11.4 Å². The van der Waals surface area contributed by atoms with Crippen molar-refractivity contribution in [3.8, 4) is 11.4 Å². The lowest BCUT2D eigenvalue weighted by Gasteiger charge is -2.14. The van der Waals surface area contributed by atoms with Crippen molar-refractivity contribution in [2.75, 3.05) is 10.6 Å². The number of carbonyl (C=O) groups is 2. The SMILES string of the molecule is CC(=O)c1c(C)nc(-c2ccccc2)n1NS(=O)(=O)CC(=O)c1ccccc1. The predicted octanol–water partition coefficient (Wildman–Crippen LogP) is 2.82. The van der Waals surface area contributed by atoms with Gasteiger partial charge in [-0.25, -0.2) is 22.9 Å². The first-order valence-corrected chi connectivity index (χ1v) is 10.2. The van der Waals surface area contributed by atoms with Gasteiger partial charge in [0.15, 0.2) is 17.4 Å². The predicted molar refractivity (Wildman–Crippen MR) is 106 cm³/mol. The zero-order chi connectivity index (χ0) is 20.3. The first-order valence-electron chi connectivity index (χ1n) is 8.53. The van der Waals surface area contributed by atoms with E-state index in [0.29, 0.717) is 16.8 Å². The highest BCUT2D eigenvalue weighted by Crippen LogP contribution is 2.22. The zero-order valence-electron chi connectivity index (χ0n) is 15.4. The molecule has 28 heavy (non-hydrogen) atoms. The molecular weight excluding hydrogens is 378 g/mol. The Bertz CT molecular complexity index is 1120. The van der Waals surface area contributed by atoms with Gasteiger partial charge < -0.3 is 0 Å². The van der Waals surface area contributed by atoms with E-state index in [-0.39, 0.29) is 17.3 Å². The van der Waals surface area contributed by atoms with Crippen LogP contribution in [0.15, 0.2) is 60.7 Å². The number of ketones is 2. The summed E-state index contributed by atoms with van der Waals surface area (Å²) >= 11 is 0. The van der Waals surface area contributed by atoms with Gasteiger partial charge in [0.2, 0.25) is 0 Å². The number of Topliss-reactive ketones (excluding diaryl/α,β-unsaturated/α-hetero) is 2. The second-order valence-corrected chi connectivity index (χ2v) is 7.97. The van der Waals surface area contributed by atoms with Gasteiger partial charge in [0.1, 0.15) is 11.4 Å². The second kappa shape index (κ2) is 7.77. The number of aryl methyl sites for hydroxylation is 1. The smallest absolute Gasteiger partial charge is 0.253 e. The molecule has 3 rings (SSSR count). The van der Waals surface area contributed by atoms with Crippen molar-refractivity contribution in [2.45, 2.75) is 13.8 Å². The molecular formula is C20H19N3O4S. The maximum absolute atomic E-state index is 12.7. The molecule has 0 spiro atoms. The van der Waals surface area contributed by atoms with E-state index in [9.17, 15) is 18.0 Å². The van der Waals surface area contributed by atoms with Crippen molar-refractivity contribution in [1.29, 1.82) is 0 Å². The first kappa shape index (κ1) is 19.5. The molecule has 0 unspecified atom stereocenters. The maximum atomic E-state index is 12.7. The van der Waals surface area contributed by atoms with Crippen molar-refractivity contribution in [3.63, 3.8) is 0 Å². The molecule has 3 aromatic rings. The van der Waals surface area contributed by atoms with E-state index in [0.717, 1.165) is 4.68 Å². The summed E-state index contributed by atoms with van der Waals surface area (Å²) in [5, 5.41) is 0. The number of imidazole rings is 1. The van der Waals surface area contributed by atoms with Crippen molar-refractivity contribution >= 4 is 21.6 Å². The molecule has 0 radical (unpaired) electrons. The van der Waals surface area contributed by atoms with Crippen molar-refractivity contribution in [3.05, 3.63) is 77.6 Å². The second-order valence-electron chi connectivity index (χ2n) is 6.27. The molecule has 144 valence electrons. The van der Waals surface area contributed by atoms with Crippen LogP contribution in [-0.2, 0) is 10.0 Å². The quantitative estimate of drug-likeness (QED) is 0.618. The number of sulfonamides is 1. The van der Waals surface area contributed by atoms with Gasteiger partial charge in [0.25, 0.3) is 10.0 Å². The molecule has 0 bridgehead atoms. The normalized spacial score (nSPS) is 11.2. The van der Waals surface area contributed by atoms with Crippen molar-refractivity contribution < 1.29 is 18.0 Å². The van der Waals surface area contributed by atoms with Crippen molar-refractivity contribution in [2.24, 2.45) is 0 Å². The topological polar surface area (TPSA) is 98.1 Å². The minimum Gasteiger partial charge on any atom is -0.293 e. The van der Waals surface area contributed by atoms with Crippen LogP contribution in [0.2, 0.25) is 0 Å². The van der Waals surface area contributed by atoms with Gasteiger partial charge in [0, 0.05) is 18.1 Å². The van der Waals surface area contributed by atoms with Crippen LogP contribution >= 0.6 is 0 Å². The van der Waals surface area contributed by atoms with Crippen LogP contribution < -0.4 is 4.83 Å². The van der Waals surface area contributed by atoms with E-state index in [1.807, 2.05) is 6.07 Å². The molecule has 8 heteroatoms. The average Bonchev–Trinajstić information content (AvgIpc) is 2.98. The summed E-state index contributed by atoms with van der Waals surface area (Å²) in [6.45, 7) is 2.96. The molecule has 0 fully saturated rings. The molecule has 0 amide bonds. The Balaban J connectivity index is 1.98. The van der Waals surface area contributed by atoms with Gasteiger partial charge in [-0.05, 0) is 6.92 Å². The molecule has 1 N–H and O–H groups in total. The highest BCUT2D eigenvalue weighted by Gasteiger charge is 2.24. The largest absolute Gasteiger partial charge is 0.293 e. The first-order chi connectivity index (χ1) is 13.3. The number of nitrogens with zero attached hydrogens (tertiary/aromatic N) is 2. The Labute approximate surface area is 163 Å². The third-order valence-corrected chi connectivity index (χ3v) is 5.17. The lowest BCUT2D eigenvalue weighted by Crippen LogP contribution is -2.31. The van der Waals surface area contributed by atoms with Crippen molar-refractivity contribution in [1.82, 2.24) is 9.66 Å². The zero-order valence-corrected chi connectivity index (χ0v) is 16.2.